The van der Waals surface area contributed by atoms with Gasteiger partial charge in [0.1, 0.15) is 0 Å². The third-order valence-electron chi connectivity index (χ3n) is 2.42. The number of esters is 2. The van der Waals surface area contributed by atoms with E-state index in [4.69, 9.17) is 14.2 Å². The highest BCUT2D eigenvalue weighted by Crippen LogP contribution is 2.22. The Morgan fingerprint density at radius 2 is 2.27 bits per heavy atom. The molecular weight excluding hydrogens is 200 g/mol. The second-order valence-electron chi connectivity index (χ2n) is 3.67. The van der Waals surface area contributed by atoms with Gasteiger partial charge in [-0.3, -0.25) is 4.79 Å². The SMILES string of the molecule is CC1CC(O/C=C2\CCOC2=O)OC1=O. The Morgan fingerprint density at radius 1 is 1.47 bits per heavy atom. The van der Waals surface area contributed by atoms with Crippen molar-refractivity contribution in [3.8, 4) is 0 Å². The highest BCUT2D eigenvalue weighted by Gasteiger charge is 2.32. The molecule has 82 valence electrons. The van der Waals surface area contributed by atoms with Gasteiger partial charge in [0.2, 0.25) is 6.29 Å². The molecule has 15 heavy (non-hydrogen) atoms. The predicted octanol–water partition coefficient (Wildman–Crippen LogP) is 0.743. The standard InChI is InChI=1S/C10H12O5/c1-6-4-8(15-9(6)11)14-5-7-2-3-13-10(7)12/h5-6,8H,2-4H2,1H3/b7-5+. The second kappa shape index (κ2) is 3.92. The molecule has 0 aliphatic carbocycles. The fraction of sp³-hybridized carbons (Fsp3) is 0.600. The number of hydrogen-bond donors (Lipinski definition) is 0. The maximum atomic E-state index is 11.0. The molecule has 0 radical (unpaired) electrons. The molecule has 0 bridgehead atoms. The number of hydrogen-bond acceptors (Lipinski definition) is 5. The van der Waals surface area contributed by atoms with Gasteiger partial charge in [-0.05, 0) is 0 Å². The summed E-state index contributed by atoms with van der Waals surface area (Å²) in [7, 11) is 0. The van der Waals surface area contributed by atoms with E-state index in [1.54, 1.807) is 6.92 Å². The molecule has 5 heteroatoms. The lowest BCUT2D eigenvalue weighted by Gasteiger charge is -2.07. The molecule has 2 atom stereocenters. The van der Waals surface area contributed by atoms with Crippen molar-refractivity contribution < 1.29 is 23.8 Å². The third-order valence-corrected chi connectivity index (χ3v) is 2.42. The van der Waals surface area contributed by atoms with Gasteiger partial charge in [0.05, 0.1) is 24.4 Å². The third kappa shape index (κ3) is 2.11. The first-order valence-electron chi connectivity index (χ1n) is 4.89. The number of carbonyl (C=O) groups is 2. The second-order valence-corrected chi connectivity index (χ2v) is 3.67. The summed E-state index contributed by atoms with van der Waals surface area (Å²) in [6.07, 6.45) is 1.85. The van der Waals surface area contributed by atoms with Crippen molar-refractivity contribution in [1.82, 2.24) is 0 Å². The molecule has 2 aliphatic rings. The highest BCUT2D eigenvalue weighted by molar-refractivity contribution is 5.89. The molecule has 0 spiro atoms. The Hall–Kier alpha value is -1.52. The zero-order valence-electron chi connectivity index (χ0n) is 8.39. The monoisotopic (exact) mass is 212 g/mol. The quantitative estimate of drug-likeness (QED) is 0.384. The molecule has 0 N–H and O–H groups in total. The average Bonchev–Trinajstić information content (AvgIpc) is 2.72. The molecule has 0 aromatic rings. The van der Waals surface area contributed by atoms with Crippen molar-refractivity contribution in [2.75, 3.05) is 6.61 Å². The minimum absolute atomic E-state index is 0.135. The largest absolute Gasteiger partial charge is 0.462 e. The molecule has 5 nitrogen and oxygen atoms in total. The fourth-order valence-corrected chi connectivity index (χ4v) is 1.48. The molecule has 2 rings (SSSR count). The van der Waals surface area contributed by atoms with Crippen molar-refractivity contribution in [3.63, 3.8) is 0 Å². The zero-order chi connectivity index (χ0) is 10.8. The summed E-state index contributed by atoms with van der Waals surface area (Å²) in [5.41, 5.74) is 0.491. The van der Waals surface area contributed by atoms with Gasteiger partial charge in [0.15, 0.2) is 0 Å². The maximum absolute atomic E-state index is 11.0. The molecule has 2 heterocycles. The van der Waals surface area contributed by atoms with Gasteiger partial charge in [-0.1, -0.05) is 6.92 Å². The molecule has 2 fully saturated rings. The Bertz CT molecular complexity index is 320. The maximum Gasteiger partial charge on any atom is 0.337 e. The molecule has 2 saturated heterocycles. The number of ether oxygens (including phenoxy) is 3. The minimum atomic E-state index is -0.562. The van der Waals surface area contributed by atoms with Gasteiger partial charge >= 0.3 is 11.9 Å². The summed E-state index contributed by atoms with van der Waals surface area (Å²) in [5, 5.41) is 0. The van der Waals surface area contributed by atoms with Crippen LogP contribution in [0.15, 0.2) is 11.8 Å². The van der Waals surface area contributed by atoms with Crippen LogP contribution in [0.4, 0.5) is 0 Å². The van der Waals surface area contributed by atoms with Crippen LogP contribution in [0.25, 0.3) is 0 Å². The van der Waals surface area contributed by atoms with E-state index in [1.165, 1.54) is 6.26 Å². The first kappa shape index (κ1) is 10.0. The molecule has 2 unspecified atom stereocenters. The van der Waals surface area contributed by atoms with E-state index < -0.39 is 6.29 Å². The average molecular weight is 212 g/mol. The van der Waals surface area contributed by atoms with Crippen LogP contribution < -0.4 is 0 Å². The van der Waals surface area contributed by atoms with Crippen LogP contribution in [0.2, 0.25) is 0 Å². The lowest BCUT2D eigenvalue weighted by molar-refractivity contribution is -0.156. The van der Waals surface area contributed by atoms with Crippen LogP contribution in [0.5, 0.6) is 0 Å². The lowest BCUT2D eigenvalue weighted by atomic mass is 10.1. The normalized spacial score (nSPS) is 33.0. The number of rotatable bonds is 2. The van der Waals surface area contributed by atoms with E-state index in [9.17, 15) is 9.59 Å². The van der Waals surface area contributed by atoms with Crippen LogP contribution in [-0.4, -0.2) is 24.8 Å². The molecule has 0 aromatic heterocycles. The van der Waals surface area contributed by atoms with Gasteiger partial charge in [-0.15, -0.1) is 0 Å². The van der Waals surface area contributed by atoms with Gasteiger partial charge < -0.3 is 14.2 Å². The first-order valence-corrected chi connectivity index (χ1v) is 4.89. The van der Waals surface area contributed by atoms with Crippen molar-refractivity contribution in [3.05, 3.63) is 11.8 Å². The lowest BCUT2D eigenvalue weighted by Crippen LogP contribution is -2.09. The molecule has 0 amide bonds. The van der Waals surface area contributed by atoms with Crippen LogP contribution >= 0.6 is 0 Å². The van der Waals surface area contributed by atoms with Crippen molar-refractivity contribution in [1.29, 1.82) is 0 Å². The van der Waals surface area contributed by atoms with E-state index >= 15 is 0 Å². The van der Waals surface area contributed by atoms with Crippen LogP contribution in [0, 0.1) is 5.92 Å². The smallest absolute Gasteiger partial charge is 0.337 e. The summed E-state index contributed by atoms with van der Waals surface area (Å²) < 4.78 is 14.8. The van der Waals surface area contributed by atoms with E-state index in [0.717, 1.165) is 0 Å². The van der Waals surface area contributed by atoms with E-state index in [0.29, 0.717) is 25.0 Å². The Morgan fingerprint density at radius 3 is 2.80 bits per heavy atom. The van der Waals surface area contributed by atoms with Crippen molar-refractivity contribution >= 4 is 11.9 Å². The minimum Gasteiger partial charge on any atom is -0.462 e. The summed E-state index contributed by atoms with van der Waals surface area (Å²) in [4.78, 5) is 22.1. The van der Waals surface area contributed by atoms with E-state index in [-0.39, 0.29) is 17.9 Å². The molecule has 0 saturated carbocycles. The number of cyclic esters (lactones) is 2. The molecular formula is C10H12O5. The summed E-state index contributed by atoms with van der Waals surface area (Å²) in [6.45, 7) is 2.18. The van der Waals surface area contributed by atoms with Crippen molar-refractivity contribution in [2.45, 2.75) is 26.1 Å². The number of carbonyl (C=O) groups excluding carboxylic acids is 2. The van der Waals surface area contributed by atoms with Gasteiger partial charge in [0, 0.05) is 12.8 Å². The summed E-state index contributed by atoms with van der Waals surface area (Å²) >= 11 is 0. The molecule has 0 aromatic carbocycles. The zero-order valence-corrected chi connectivity index (χ0v) is 8.39. The van der Waals surface area contributed by atoms with E-state index in [1.807, 2.05) is 0 Å². The topological polar surface area (TPSA) is 61.8 Å². The Labute approximate surface area is 87.0 Å². The van der Waals surface area contributed by atoms with Gasteiger partial charge in [-0.2, -0.15) is 0 Å². The van der Waals surface area contributed by atoms with Crippen LogP contribution in [-0.2, 0) is 23.8 Å². The predicted molar refractivity (Wildman–Crippen MR) is 48.4 cm³/mol. The van der Waals surface area contributed by atoms with Crippen LogP contribution in [0.1, 0.15) is 19.8 Å². The first-order chi connectivity index (χ1) is 7.16. The van der Waals surface area contributed by atoms with Gasteiger partial charge in [0.25, 0.3) is 0 Å². The highest BCUT2D eigenvalue weighted by atomic mass is 16.7. The Kier molecular flexibility index (Phi) is 2.62. The van der Waals surface area contributed by atoms with Gasteiger partial charge in [-0.25, -0.2) is 4.79 Å². The van der Waals surface area contributed by atoms with Crippen molar-refractivity contribution in [2.24, 2.45) is 5.92 Å². The Balaban J connectivity index is 1.88. The molecule has 2 aliphatic heterocycles. The van der Waals surface area contributed by atoms with Crippen LogP contribution in [0.3, 0.4) is 0 Å². The van der Waals surface area contributed by atoms with E-state index in [2.05, 4.69) is 0 Å². The summed E-state index contributed by atoms with van der Waals surface area (Å²) in [5.74, 6) is -0.747. The fourth-order valence-electron chi connectivity index (χ4n) is 1.48. The summed E-state index contributed by atoms with van der Waals surface area (Å²) in [6, 6.07) is 0.